The lowest BCUT2D eigenvalue weighted by Crippen LogP contribution is -2.26. The van der Waals surface area contributed by atoms with Gasteiger partial charge in [-0.05, 0) is 40.8 Å². The van der Waals surface area contributed by atoms with Gasteiger partial charge >= 0.3 is 0 Å². The van der Waals surface area contributed by atoms with Gasteiger partial charge in [-0.3, -0.25) is 9.59 Å². The Morgan fingerprint density at radius 2 is 1.72 bits per heavy atom. The Kier molecular flexibility index (Phi) is 7.40. The molecule has 0 spiro atoms. The van der Waals surface area contributed by atoms with E-state index in [9.17, 15) is 9.59 Å². The van der Waals surface area contributed by atoms with Gasteiger partial charge < -0.3 is 14.8 Å². The highest BCUT2D eigenvalue weighted by Crippen LogP contribution is 2.23. The van der Waals surface area contributed by atoms with Gasteiger partial charge in [0, 0.05) is 44.3 Å². The average molecular weight is 451 g/mol. The number of hydrogen-bond donors (Lipinski definition) is 1. The Hall–Kier alpha value is -3.06. The van der Waals surface area contributed by atoms with Crippen molar-refractivity contribution in [3.8, 4) is 0 Å². The fraction of sp³-hybridized carbons (Fsp3) is 0.320. The number of nitrogens with one attached hydrogen (secondary N) is 1. The molecule has 0 bridgehead atoms. The third-order valence-electron chi connectivity index (χ3n) is 5.11. The molecule has 0 unspecified atom stereocenters. The molecule has 0 aliphatic rings. The molecule has 0 aliphatic heterocycles. The first kappa shape index (κ1) is 23.6. The van der Waals surface area contributed by atoms with Crippen LogP contribution in [-0.4, -0.2) is 39.1 Å². The van der Waals surface area contributed by atoms with Gasteiger partial charge in [0.25, 0.3) is 5.91 Å². The summed E-state index contributed by atoms with van der Waals surface area (Å²) in [7, 11) is 3.69. The van der Waals surface area contributed by atoms with E-state index in [4.69, 9.17) is 0 Å². The fourth-order valence-corrected chi connectivity index (χ4v) is 3.92. The first-order valence-corrected chi connectivity index (χ1v) is 11.5. The summed E-state index contributed by atoms with van der Waals surface area (Å²) >= 11 is 1.37. The molecule has 2 aromatic carbocycles. The minimum absolute atomic E-state index is 0.0619. The molecular weight excluding hydrogens is 420 g/mol. The van der Waals surface area contributed by atoms with E-state index in [-0.39, 0.29) is 23.0 Å². The number of amides is 2. The Labute approximate surface area is 194 Å². The van der Waals surface area contributed by atoms with Crippen LogP contribution in [0.25, 0.3) is 0 Å². The molecule has 168 valence electrons. The van der Waals surface area contributed by atoms with Crippen LogP contribution in [0.5, 0.6) is 0 Å². The molecular formula is C25H30N4O2S. The number of rotatable bonds is 7. The van der Waals surface area contributed by atoms with Gasteiger partial charge in [0.1, 0.15) is 0 Å². The zero-order valence-electron chi connectivity index (χ0n) is 19.3. The summed E-state index contributed by atoms with van der Waals surface area (Å²) in [5, 5.41) is 3.64. The molecule has 0 atom stereocenters. The molecule has 3 rings (SSSR count). The maximum absolute atomic E-state index is 12.8. The van der Waals surface area contributed by atoms with Gasteiger partial charge in [-0.15, -0.1) is 0 Å². The zero-order chi connectivity index (χ0) is 23.3. The quantitative estimate of drug-likeness (QED) is 0.529. The summed E-state index contributed by atoms with van der Waals surface area (Å²) in [6.45, 7) is 7.08. The second-order valence-electron chi connectivity index (χ2n) is 8.84. The van der Waals surface area contributed by atoms with Crippen LogP contribution in [0, 0.1) is 0 Å². The molecule has 0 saturated heterocycles. The van der Waals surface area contributed by atoms with Crippen LogP contribution >= 0.6 is 11.8 Å². The topological polar surface area (TPSA) is 67.2 Å². The van der Waals surface area contributed by atoms with Crippen LogP contribution in [0.3, 0.4) is 0 Å². The van der Waals surface area contributed by atoms with Gasteiger partial charge in [-0.1, -0.05) is 56.8 Å². The second kappa shape index (κ2) is 10.0. The monoisotopic (exact) mass is 450 g/mol. The lowest BCUT2D eigenvalue weighted by Gasteiger charge is -2.21. The number of carbonyl (C=O) groups is 2. The maximum Gasteiger partial charge on any atom is 0.253 e. The maximum atomic E-state index is 12.8. The molecule has 0 radical (unpaired) electrons. The summed E-state index contributed by atoms with van der Waals surface area (Å²) in [6, 6.07) is 15.4. The highest BCUT2D eigenvalue weighted by atomic mass is 32.2. The van der Waals surface area contributed by atoms with E-state index < -0.39 is 0 Å². The van der Waals surface area contributed by atoms with E-state index in [2.05, 4.69) is 55.3 Å². The number of imidazole rings is 1. The standard InChI is InChI=1S/C25H30N4O2S/c1-25(2,3)20-10-6-18(7-11-20)16-29(5)23(31)19-8-12-21(13-9-19)27-22(30)17-32-24-26-14-15-28(24)4/h6-15H,16-17H2,1-5H3,(H,27,30). The van der Waals surface area contributed by atoms with Crippen molar-refractivity contribution in [3.05, 3.63) is 77.6 Å². The van der Waals surface area contributed by atoms with Gasteiger partial charge in [-0.2, -0.15) is 0 Å². The molecule has 3 aromatic rings. The Morgan fingerprint density at radius 3 is 2.28 bits per heavy atom. The number of aryl methyl sites for hydroxylation is 1. The summed E-state index contributed by atoms with van der Waals surface area (Å²) in [5.41, 5.74) is 3.70. The predicted octanol–water partition coefficient (Wildman–Crippen LogP) is 4.72. The first-order chi connectivity index (χ1) is 15.1. The molecule has 0 saturated carbocycles. The van der Waals surface area contributed by atoms with Gasteiger partial charge in [0.2, 0.25) is 5.91 Å². The summed E-state index contributed by atoms with van der Waals surface area (Å²) in [5.74, 6) is 0.0865. The van der Waals surface area contributed by atoms with Crippen LogP contribution in [-0.2, 0) is 23.8 Å². The van der Waals surface area contributed by atoms with Crippen molar-refractivity contribution < 1.29 is 9.59 Å². The molecule has 7 heteroatoms. The van der Waals surface area contributed by atoms with Gasteiger partial charge in [-0.25, -0.2) is 4.98 Å². The van der Waals surface area contributed by atoms with Crippen molar-refractivity contribution in [2.24, 2.45) is 7.05 Å². The van der Waals surface area contributed by atoms with E-state index in [1.165, 1.54) is 17.3 Å². The van der Waals surface area contributed by atoms with E-state index in [0.29, 0.717) is 17.8 Å². The summed E-state index contributed by atoms with van der Waals surface area (Å²) < 4.78 is 1.87. The van der Waals surface area contributed by atoms with Crippen LogP contribution < -0.4 is 5.32 Å². The van der Waals surface area contributed by atoms with E-state index in [1.807, 2.05) is 17.8 Å². The van der Waals surface area contributed by atoms with Crippen molar-refractivity contribution in [2.45, 2.75) is 37.9 Å². The van der Waals surface area contributed by atoms with Crippen molar-refractivity contribution in [1.29, 1.82) is 0 Å². The molecule has 1 N–H and O–H groups in total. The molecule has 0 fully saturated rings. The molecule has 1 heterocycles. The molecule has 2 amide bonds. The highest BCUT2D eigenvalue weighted by Gasteiger charge is 2.15. The average Bonchev–Trinajstić information content (AvgIpc) is 3.16. The summed E-state index contributed by atoms with van der Waals surface area (Å²) in [4.78, 5) is 30.9. The third kappa shape index (κ3) is 6.23. The van der Waals surface area contributed by atoms with Crippen molar-refractivity contribution in [2.75, 3.05) is 18.1 Å². The molecule has 1 aromatic heterocycles. The minimum Gasteiger partial charge on any atom is -0.337 e. The van der Waals surface area contributed by atoms with E-state index >= 15 is 0 Å². The SMILES string of the molecule is CN(Cc1ccc(C(C)(C)C)cc1)C(=O)c1ccc(NC(=O)CSc2nccn2C)cc1. The minimum atomic E-state index is -0.118. The first-order valence-electron chi connectivity index (χ1n) is 10.5. The number of nitrogens with zero attached hydrogens (tertiary/aromatic N) is 3. The fourth-order valence-electron chi connectivity index (χ4n) is 3.19. The normalized spacial score (nSPS) is 11.3. The molecule has 6 nitrogen and oxygen atoms in total. The highest BCUT2D eigenvalue weighted by molar-refractivity contribution is 7.99. The predicted molar refractivity (Wildman–Crippen MR) is 130 cm³/mol. The number of thioether (sulfide) groups is 1. The Balaban J connectivity index is 1.53. The number of carbonyl (C=O) groups excluding carboxylic acids is 2. The van der Waals surface area contributed by atoms with Gasteiger partial charge in [0.15, 0.2) is 5.16 Å². The molecule has 0 aliphatic carbocycles. The number of anilines is 1. The van der Waals surface area contributed by atoms with E-state index in [0.717, 1.165) is 10.7 Å². The smallest absolute Gasteiger partial charge is 0.253 e. The summed E-state index contributed by atoms with van der Waals surface area (Å²) in [6.07, 6.45) is 3.54. The van der Waals surface area contributed by atoms with Crippen molar-refractivity contribution in [3.63, 3.8) is 0 Å². The lowest BCUT2D eigenvalue weighted by atomic mass is 9.87. The zero-order valence-corrected chi connectivity index (χ0v) is 20.1. The number of aromatic nitrogens is 2. The van der Waals surface area contributed by atoms with Gasteiger partial charge in [0.05, 0.1) is 5.75 Å². The van der Waals surface area contributed by atoms with Crippen LogP contribution in [0.1, 0.15) is 42.3 Å². The Bertz CT molecular complexity index is 1070. The second-order valence-corrected chi connectivity index (χ2v) is 9.79. The number of benzene rings is 2. The van der Waals surface area contributed by atoms with E-state index in [1.54, 1.807) is 42.4 Å². The van der Waals surface area contributed by atoms with Crippen LogP contribution in [0.2, 0.25) is 0 Å². The lowest BCUT2D eigenvalue weighted by molar-refractivity contribution is -0.113. The third-order valence-corrected chi connectivity index (χ3v) is 6.17. The van der Waals surface area contributed by atoms with Crippen molar-refractivity contribution in [1.82, 2.24) is 14.5 Å². The van der Waals surface area contributed by atoms with Crippen LogP contribution in [0.15, 0.2) is 66.1 Å². The largest absolute Gasteiger partial charge is 0.337 e. The molecule has 32 heavy (non-hydrogen) atoms. The van der Waals surface area contributed by atoms with Crippen LogP contribution in [0.4, 0.5) is 5.69 Å². The van der Waals surface area contributed by atoms with Crippen molar-refractivity contribution >= 4 is 29.3 Å². The Morgan fingerprint density at radius 1 is 1.06 bits per heavy atom. The number of hydrogen-bond acceptors (Lipinski definition) is 4.